The largest absolute Gasteiger partial charge is 0.478 e. The monoisotopic (exact) mass is 408 g/mol. The first-order valence-corrected chi connectivity index (χ1v) is 9.42. The number of likely N-dealkylation sites (tertiary alicyclic amines) is 1. The molecule has 1 heterocycles. The molecule has 0 unspecified atom stereocenters. The van der Waals surface area contributed by atoms with E-state index in [0.29, 0.717) is 17.3 Å². The Morgan fingerprint density at radius 3 is 2.24 bits per heavy atom. The molecule has 1 saturated heterocycles. The normalized spacial score (nSPS) is 18.2. The summed E-state index contributed by atoms with van der Waals surface area (Å²) >= 11 is 5.92. The molecule has 0 aromatic heterocycles. The molecule has 6 nitrogen and oxygen atoms in total. The number of carbonyl (C=O) groups excluding carboxylic acids is 1. The second-order valence-corrected chi connectivity index (χ2v) is 7.17. The summed E-state index contributed by atoms with van der Waals surface area (Å²) in [4.78, 5) is 25.1. The Bertz CT molecular complexity index is 1020. The number of nitrogens with zero attached hydrogens (tertiary/aromatic N) is 2. The predicted molar refractivity (Wildman–Crippen MR) is 109 cm³/mol. The van der Waals surface area contributed by atoms with Crippen molar-refractivity contribution in [1.82, 2.24) is 4.90 Å². The lowest BCUT2D eigenvalue weighted by molar-refractivity contribution is -0.384. The van der Waals surface area contributed by atoms with Gasteiger partial charge in [0.25, 0.3) is 11.6 Å². The van der Waals surface area contributed by atoms with Gasteiger partial charge in [0.05, 0.1) is 4.92 Å². The molecule has 1 amide bonds. The van der Waals surface area contributed by atoms with Crippen molar-refractivity contribution in [3.05, 3.63) is 105 Å². The SMILES string of the molecule is O=C1[C@@H](Oc2ccc(Cl)cc2)[C@@H](c2ccc([N+](=O)[O-])cc2)N1Cc1ccccc1. The van der Waals surface area contributed by atoms with E-state index < -0.39 is 11.0 Å². The summed E-state index contributed by atoms with van der Waals surface area (Å²) in [7, 11) is 0. The number of non-ortho nitro benzene ring substituents is 1. The van der Waals surface area contributed by atoms with E-state index >= 15 is 0 Å². The fourth-order valence-electron chi connectivity index (χ4n) is 3.40. The van der Waals surface area contributed by atoms with Crippen molar-refractivity contribution in [2.75, 3.05) is 0 Å². The van der Waals surface area contributed by atoms with E-state index in [1.165, 1.54) is 12.1 Å². The first kappa shape index (κ1) is 19.0. The molecule has 0 radical (unpaired) electrons. The fraction of sp³-hybridized carbons (Fsp3) is 0.136. The fourth-order valence-corrected chi connectivity index (χ4v) is 3.52. The molecule has 0 bridgehead atoms. The lowest BCUT2D eigenvalue weighted by atomic mass is 9.89. The highest BCUT2D eigenvalue weighted by Crippen LogP contribution is 2.39. The molecule has 3 aromatic carbocycles. The Balaban J connectivity index is 1.61. The van der Waals surface area contributed by atoms with E-state index in [4.69, 9.17) is 16.3 Å². The van der Waals surface area contributed by atoms with Crippen molar-refractivity contribution in [2.24, 2.45) is 0 Å². The van der Waals surface area contributed by atoms with Crippen LogP contribution in [0.15, 0.2) is 78.9 Å². The van der Waals surface area contributed by atoms with Gasteiger partial charge in [-0.3, -0.25) is 14.9 Å². The van der Waals surface area contributed by atoms with Crippen LogP contribution in [0.25, 0.3) is 0 Å². The minimum absolute atomic E-state index is 0.00387. The Kier molecular flexibility index (Phi) is 5.18. The Morgan fingerprint density at radius 2 is 1.62 bits per heavy atom. The summed E-state index contributed by atoms with van der Waals surface area (Å²) < 4.78 is 5.95. The van der Waals surface area contributed by atoms with Crippen LogP contribution in [-0.2, 0) is 11.3 Å². The van der Waals surface area contributed by atoms with Gasteiger partial charge in [0.15, 0.2) is 0 Å². The number of benzene rings is 3. The van der Waals surface area contributed by atoms with Crippen LogP contribution in [0.5, 0.6) is 5.75 Å². The van der Waals surface area contributed by atoms with Gasteiger partial charge in [-0.25, -0.2) is 0 Å². The van der Waals surface area contributed by atoms with Gasteiger partial charge in [0.2, 0.25) is 6.10 Å². The molecule has 146 valence electrons. The van der Waals surface area contributed by atoms with Crippen molar-refractivity contribution in [2.45, 2.75) is 18.7 Å². The Labute approximate surface area is 172 Å². The summed E-state index contributed by atoms with van der Waals surface area (Å²) in [6, 6.07) is 22.4. The zero-order valence-corrected chi connectivity index (χ0v) is 16.0. The third-order valence-corrected chi connectivity index (χ3v) is 5.12. The van der Waals surface area contributed by atoms with Crippen LogP contribution < -0.4 is 4.74 Å². The predicted octanol–water partition coefficient (Wildman–Crippen LogP) is 4.78. The van der Waals surface area contributed by atoms with Gasteiger partial charge < -0.3 is 9.64 Å². The van der Waals surface area contributed by atoms with E-state index in [-0.39, 0.29) is 17.6 Å². The molecule has 0 spiro atoms. The van der Waals surface area contributed by atoms with Crippen LogP contribution in [-0.4, -0.2) is 21.8 Å². The van der Waals surface area contributed by atoms with Crippen LogP contribution in [0.4, 0.5) is 5.69 Å². The van der Waals surface area contributed by atoms with Crippen molar-refractivity contribution in [1.29, 1.82) is 0 Å². The maximum Gasteiger partial charge on any atom is 0.269 e. The topological polar surface area (TPSA) is 72.7 Å². The van der Waals surface area contributed by atoms with Crippen LogP contribution in [0.2, 0.25) is 5.02 Å². The average Bonchev–Trinajstić information content (AvgIpc) is 2.74. The molecule has 0 N–H and O–H groups in total. The number of hydrogen-bond acceptors (Lipinski definition) is 4. The zero-order chi connectivity index (χ0) is 20.4. The molecule has 0 aliphatic carbocycles. The van der Waals surface area contributed by atoms with Crippen LogP contribution >= 0.6 is 11.6 Å². The minimum atomic E-state index is -0.707. The summed E-state index contributed by atoms with van der Waals surface area (Å²) in [6.07, 6.45) is -0.707. The molecule has 1 fully saturated rings. The van der Waals surface area contributed by atoms with Gasteiger partial charge in [-0.05, 0) is 47.5 Å². The molecule has 29 heavy (non-hydrogen) atoms. The Morgan fingerprint density at radius 1 is 0.966 bits per heavy atom. The molecule has 1 aliphatic heterocycles. The van der Waals surface area contributed by atoms with Crippen LogP contribution in [0.3, 0.4) is 0 Å². The third-order valence-electron chi connectivity index (χ3n) is 4.87. The lowest BCUT2D eigenvalue weighted by Gasteiger charge is -2.46. The van der Waals surface area contributed by atoms with Crippen LogP contribution in [0.1, 0.15) is 17.2 Å². The number of carbonyl (C=O) groups is 1. The van der Waals surface area contributed by atoms with Gasteiger partial charge in [-0.2, -0.15) is 0 Å². The molecule has 0 saturated carbocycles. The lowest BCUT2D eigenvalue weighted by Crippen LogP contribution is -2.60. The molecular weight excluding hydrogens is 392 g/mol. The summed E-state index contributed by atoms with van der Waals surface area (Å²) in [5.74, 6) is 0.408. The Hall–Kier alpha value is -3.38. The molecule has 7 heteroatoms. The van der Waals surface area contributed by atoms with Crippen molar-refractivity contribution in [3.8, 4) is 5.75 Å². The maximum absolute atomic E-state index is 12.9. The van der Waals surface area contributed by atoms with E-state index in [9.17, 15) is 14.9 Å². The van der Waals surface area contributed by atoms with E-state index in [1.54, 1.807) is 41.3 Å². The van der Waals surface area contributed by atoms with Crippen molar-refractivity contribution < 1.29 is 14.5 Å². The highest BCUT2D eigenvalue weighted by Gasteiger charge is 2.50. The molecule has 2 atom stereocenters. The van der Waals surface area contributed by atoms with Crippen LogP contribution in [0, 0.1) is 10.1 Å². The van der Waals surface area contributed by atoms with Crippen molar-refractivity contribution >= 4 is 23.2 Å². The number of hydrogen-bond donors (Lipinski definition) is 0. The summed E-state index contributed by atoms with van der Waals surface area (Å²) in [5.41, 5.74) is 1.78. The van der Waals surface area contributed by atoms with Gasteiger partial charge in [-0.15, -0.1) is 0 Å². The average molecular weight is 409 g/mol. The summed E-state index contributed by atoms with van der Waals surface area (Å²) in [5, 5.41) is 11.5. The molecule has 4 rings (SSSR count). The van der Waals surface area contributed by atoms with Gasteiger partial charge >= 0.3 is 0 Å². The van der Waals surface area contributed by atoms with E-state index in [2.05, 4.69) is 0 Å². The molecular formula is C22H17ClN2O4. The minimum Gasteiger partial charge on any atom is -0.478 e. The second kappa shape index (κ2) is 7.93. The zero-order valence-electron chi connectivity index (χ0n) is 15.3. The summed E-state index contributed by atoms with van der Waals surface area (Å²) in [6.45, 7) is 0.432. The van der Waals surface area contributed by atoms with Gasteiger partial charge in [-0.1, -0.05) is 41.9 Å². The first-order valence-electron chi connectivity index (χ1n) is 9.04. The number of nitro benzene ring substituents is 1. The highest BCUT2D eigenvalue weighted by molar-refractivity contribution is 6.30. The highest BCUT2D eigenvalue weighted by atomic mass is 35.5. The molecule has 1 aliphatic rings. The number of ether oxygens (including phenoxy) is 1. The third kappa shape index (κ3) is 3.93. The van der Waals surface area contributed by atoms with Gasteiger partial charge in [0, 0.05) is 23.7 Å². The second-order valence-electron chi connectivity index (χ2n) is 6.74. The number of amides is 1. The maximum atomic E-state index is 12.9. The quantitative estimate of drug-likeness (QED) is 0.334. The first-order chi connectivity index (χ1) is 14.0. The number of halogens is 1. The molecule has 3 aromatic rings. The smallest absolute Gasteiger partial charge is 0.269 e. The van der Waals surface area contributed by atoms with Gasteiger partial charge in [0.1, 0.15) is 11.8 Å². The van der Waals surface area contributed by atoms with E-state index in [0.717, 1.165) is 11.1 Å². The number of β-lactam (4-membered cyclic amide) rings is 1. The standard InChI is InChI=1S/C22H17ClN2O4/c23-17-8-12-19(13-9-17)29-21-20(16-6-10-18(11-7-16)25(27)28)24(22(21)26)14-15-4-2-1-3-5-15/h1-13,20-21H,14H2/t20-,21+/m1/s1. The number of nitro groups is 1. The number of rotatable bonds is 6. The van der Waals surface area contributed by atoms with Crippen molar-refractivity contribution in [3.63, 3.8) is 0 Å². The van der Waals surface area contributed by atoms with E-state index in [1.807, 2.05) is 30.3 Å².